The van der Waals surface area contributed by atoms with Crippen LogP contribution in [0.4, 0.5) is 0 Å². The molecule has 0 bridgehead atoms. The van der Waals surface area contributed by atoms with Crippen LogP contribution in [-0.2, 0) is 0 Å². The second kappa shape index (κ2) is 15.5. The van der Waals surface area contributed by atoms with Crippen LogP contribution in [0.15, 0.2) is 258 Å². The Morgan fingerprint density at radius 3 is 1.00 bits per heavy atom. The van der Waals surface area contributed by atoms with Crippen molar-refractivity contribution < 1.29 is 8.83 Å². The van der Waals surface area contributed by atoms with Gasteiger partial charge in [0.2, 0.25) is 5.71 Å². The van der Waals surface area contributed by atoms with Gasteiger partial charge in [0.05, 0.1) is 0 Å². The maximum absolute atomic E-state index is 6.59. The molecule has 64 heavy (non-hydrogen) atoms. The van der Waals surface area contributed by atoms with Gasteiger partial charge < -0.3 is 8.83 Å². The number of rotatable bonds is 9. The van der Waals surface area contributed by atoms with Crippen molar-refractivity contribution in [1.82, 2.24) is 4.98 Å². The fourth-order valence-electron chi connectivity index (χ4n) is 10.4. The summed E-state index contributed by atoms with van der Waals surface area (Å²) < 4.78 is 13.1. The molecule has 3 nitrogen and oxygen atoms in total. The topological polar surface area (TPSA) is 39.2 Å². The van der Waals surface area contributed by atoms with Crippen molar-refractivity contribution in [3.8, 4) is 11.1 Å². The second-order valence-corrected chi connectivity index (χ2v) is 24.2. The molecule has 9 aromatic carbocycles. The fourth-order valence-corrected chi connectivity index (χ4v) is 19.9. The van der Waals surface area contributed by atoms with Crippen LogP contribution < -0.4 is 41.5 Å². The van der Waals surface area contributed by atoms with Crippen molar-refractivity contribution in [2.45, 2.75) is 0 Å². The Labute approximate surface area is 373 Å². The molecule has 0 saturated heterocycles. The van der Waals surface area contributed by atoms with Crippen LogP contribution >= 0.6 is 0 Å². The van der Waals surface area contributed by atoms with Crippen LogP contribution in [0.3, 0.4) is 0 Å². The monoisotopic (exact) mass is 851 g/mol. The van der Waals surface area contributed by atoms with E-state index < -0.39 is 16.1 Å². The van der Waals surface area contributed by atoms with Crippen molar-refractivity contribution >= 4 is 102 Å². The molecular formula is C59H41NO2Si2. The van der Waals surface area contributed by atoms with E-state index in [1.807, 2.05) is 6.20 Å². The number of pyridine rings is 1. The van der Waals surface area contributed by atoms with Gasteiger partial charge >= 0.3 is 0 Å². The number of nitrogens with zero attached hydrogens (tertiary/aromatic N) is 1. The number of benzene rings is 9. The van der Waals surface area contributed by atoms with E-state index in [2.05, 4.69) is 243 Å². The molecule has 0 saturated carbocycles. The van der Waals surface area contributed by atoms with Crippen molar-refractivity contribution in [2.24, 2.45) is 0 Å². The van der Waals surface area contributed by atoms with Gasteiger partial charge in [0.15, 0.2) is 16.1 Å². The third kappa shape index (κ3) is 5.97. The van der Waals surface area contributed by atoms with Crippen molar-refractivity contribution in [2.75, 3.05) is 0 Å². The number of hydrogen-bond donors (Lipinski definition) is 0. The molecule has 0 aliphatic rings. The predicted octanol–water partition coefficient (Wildman–Crippen LogP) is 9.30. The first-order valence-electron chi connectivity index (χ1n) is 21.8. The van der Waals surface area contributed by atoms with Crippen molar-refractivity contribution in [1.29, 1.82) is 0 Å². The van der Waals surface area contributed by atoms with Crippen LogP contribution in [0.5, 0.6) is 0 Å². The molecule has 0 amide bonds. The van der Waals surface area contributed by atoms with Gasteiger partial charge in [-0.3, -0.25) is 0 Å². The van der Waals surface area contributed by atoms with E-state index in [1.165, 1.54) is 41.5 Å². The van der Waals surface area contributed by atoms with E-state index in [0.29, 0.717) is 5.71 Å². The molecule has 12 rings (SSSR count). The smallest absolute Gasteiger partial charge is 0.227 e. The molecule has 0 unspecified atom stereocenters. The van der Waals surface area contributed by atoms with Gasteiger partial charge in [0.25, 0.3) is 0 Å². The van der Waals surface area contributed by atoms with E-state index in [4.69, 9.17) is 13.8 Å². The quantitative estimate of drug-likeness (QED) is 0.107. The van der Waals surface area contributed by atoms with Gasteiger partial charge in [-0.15, -0.1) is 0 Å². The van der Waals surface area contributed by atoms with Gasteiger partial charge in [-0.05, 0) is 77.4 Å². The average Bonchev–Trinajstić information content (AvgIpc) is 3.94. The largest absolute Gasteiger partial charge is 0.456 e. The highest BCUT2D eigenvalue weighted by Crippen LogP contribution is 2.35. The molecule has 0 fully saturated rings. The minimum Gasteiger partial charge on any atom is -0.456 e. The molecule has 0 aliphatic carbocycles. The number of fused-ring (bicyclic) bond motifs is 6. The second-order valence-electron chi connectivity index (χ2n) is 16.6. The summed E-state index contributed by atoms with van der Waals surface area (Å²) in [7, 11) is -5.50. The lowest BCUT2D eigenvalue weighted by atomic mass is 10.0. The highest BCUT2D eigenvalue weighted by Gasteiger charge is 2.43. The first kappa shape index (κ1) is 37.9. The Morgan fingerprint density at radius 2 is 0.594 bits per heavy atom. The highest BCUT2D eigenvalue weighted by molar-refractivity contribution is 7.20. The third-order valence-corrected chi connectivity index (χ3v) is 22.8. The molecule has 3 aromatic heterocycles. The lowest BCUT2D eigenvalue weighted by Gasteiger charge is -2.34. The van der Waals surface area contributed by atoms with Crippen LogP contribution in [0.1, 0.15) is 0 Å². The third-order valence-electron chi connectivity index (χ3n) is 13.2. The van der Waals surface area contributed by atoms with Gasteiger partial charge in [0, 0.05) is 33.3 Å². The summed E-state index contributed by atoms with van der Waals surface area (Å²) in [5.74, 6) is 0. The van der Waals surface area contributed by atoms with Crippen LogP contribution in [0, 0.1) is 0 Å². The lowest BCUT2D eigenvalue weighted by Crippen LogP contribution is -2.74. The van der Waals surface area contributed by atoms with E-state index in [9.17, 15) is 0 Å². The Hall–Kier alpha value is -7.84. The zero-order chi connectivity index (χ0) is 42.5. The minimum atomic E-state index is -2.76. The number of aromatic nitrogens is 1. The molecule has 5 heteroatoms. The summed E-state index contributed by atoms with van der Waals surface area (Å²) in [6.07, 6.45) is 1.94. The van der Waals surface area contributed by atoms with Gasteiger partial charge in [-0.2, -0.15) is 0 Å². The number of furan rings is 2. The maximum atomic E-state index is 6.59. The van der Waals surface area contributed by atoms with E-state index in [-0.39, 0.29) is 0 Å². The normalized spacial score (nSPS) is 12.1. The van der Waals surface area contributed by atoms with E-state index in [0.717, 1.165) is 49.4 Å². The van der Waals surface area contributed by atoms with Gasteiger partial charge in [-0.25, -0.2) is 4.98 Å². The molecule has 12 aromatic rings. The van der Waals surface area contributed by atoms with Crippen molar-refractivity contribution in [3.63, 3.8) is 0 Å². The van der Waals surface area contributed by atoms with Crippen LogP contribution in [0.25, 0.3) is 55.1 Å². The van der Waals surface area contributed by atoms with Gasteiger partial charge in [-0.1, -0.05) is 212 Å². The first-order chi connectivity index (χ1) is 31.7. The summed E-state index contributed by atoms with van der Waals surface area (Å²) in [6, 6.07) is 88.8. The molecule has 0 atom stereocenters. The van der Waals surface area contributed by atoms with E-state index in [1.54, 1.807) is 0 Å². The summed E-state index contributed by atoms with van der Waals surface area (Å²) in [6.45, 7) is 0. The number of hydrogen-bond acceptors (Lipinski definition) is 3. The Morgan fingerprint density at radius 1 is 0.266 bits per heavy atom. The summed E-state index contributed by atoms with van der Waals surface area (Å²) in [4.78, 5) is 4.97. The first-order valence-corrected chi connectivity index (χ1v) is 25.8. The van der Waals surface area contributed by atoms with Crippen LogP contribution in [-0.4, -0.2) is 21.1 Å². The SMILES string of the molecule is c1ccc([Si](c2ccccc2)(c2ccccc2)c2ccc3oc4ccc(-c5cnc6oc7ccc([Si](c8ccccc8)(c8ccccc8)c8ccccc8)cc7c6c5)cc4c3c2)cc1. The Kier molecular flexibility index (Phi) is 9.18. The fraction of sp³-hybridized carbons (Fsp3) is 0. The Balaban J connectivity index is 1.03. The van der Waals surface area contributed by atoms with Crippen LogP contribution in [0.2, 0.25) is 0 Å². The van der Waals surface area contributed by atoms with E-state index >= 15 is 0 Å². The van der Waals surface area contributed by atoms with Gasteiger partial charge in [0.1, 0.15) is 16.7 Å². The maximum Gasteiger partial charge on any atom is 0.227 e. The van der Waals surface area contributed by atoms with Crippen molar-refractivity contribution in [3.05, 3.63) is 249 Å². The average molecular weight is 852 g/mol. The molecule has 302 valence electrons. The molecule has 0 spiro atoms. The summed E-state index contributed by atoms with van der Waals surface area (Å²) >= 11 is 0. The standard InChI is InChI=1S/C59H41NO2Si2/c1-7-19-44(20-8-1)63(45-21-9-2-10-22-45,46-23-11-3-12-24-46)50-32-35-57-53(39-50)52-37-42(31-34-56(52)61-57)43-38-55-54-40-51(33-36-58(54)62-59(55)60-41-43)64(47-25-13-4-14-26-47,48-27-15-5-16-28-48)49-29-17-6-18-30-49/h1-41H. The highest BCUT2D eigenvalue weighted by atomic mass is 28.3. The molecule has 0 aliphatic heterocycles. The molecule has 0 N–H and O–H groups in total. The molecule has 0 radical (unpaired) electrons. The summed E-state index contributed by atoms with van der Waals surface area (Å²) in [5.41, 5.74) is 5.28. The lowest BCUT2D eigenvalue weighted by molar-refractivity contribution is 0.654. The molecular weight excluding hydrogens is 811 g/mol. The zero-order valence-corrected chi connectivity index (χ0v) is 36.9. The minimum absolute atomic E-state index is 0.630. The molecule has 3 heterocycles. The zero-order valence-electron chi connectivity index (χ0n) is 34.9. The summed E-state index contributed by atoms with van der Waals surface area (Å²) in [5, 5.41) is 14.8. The predicted molar refractivity (Wildman–Crippen MR) is 271 cm³/mol. The Bertz CT molecular complexity index is 3160.